The third kappa shape index (κ3) is 4.08. The Labute approximate surface area is 175 Å². The molecule has 4 rings (SSSR count). The Balaban J connectivity index is 1.41. The Morgan fingerprint density at radius 3 is 2.41 bits per heavy atom. The third-order valence-corrected chi connectivity index (χ3v) is 6.73. The number of carbonyl (C=O) groups is 1. The van der Waals surface area contributed by atoms with Crippen LogP contribution < -0.4 is 9.64 Å². The molecule has 6 heteroatoms. The van der Waals surface area contributed by atoms with E-state index < -0.39 is 0 Å². The molecule has 0 unspecified atom stereocenters. The van der Waals surface area contributed by atoms with Crippen LogP contribution in [0, 0.1) is 20.8 Å². The summed E-state index contributed by atoms with van der Waals surface area (Å²) in [4.78, 5) is 21.9. The predicted molar refractivity (Wildman–Crippen MR) is 119 cm³/mol. The summed E-state index contributed by atoms with van der Waals surface area (Å²) in [5, 5.41) is 1.02. The highest BCUT2D eigenvalue weighted by molar-refractivity contribution is 7.22. The molecule has 0 saturated carbocycles. The van der Waals surface area contributed by atoms with Crippen molar-refractivity contribution in [2.24, 2.45) is 0 Å². The lowest BCUT2D eigenvalue weighted by Gasteiger charge is -2.34. The molecule has 0 bridgehead atoms. The number of hydrogen-bond donors (Lipinski definition) is 0. The van der Waals surface area contributed by atoms with Crippen molar-refractivity contribution in [1.29, 1.82) is 0 Å². The Morgan fingerprint density at radius 2 is 1.76 bits per heavy atom. The second kappa shape index (κ2) is 8.03. The number of anilines is 1. The standard InChI is InChI=1S/C23H27N3O2S/c1-15-11-16(2)19(17(3)12-15)14-22(27)25-7-9-26(10-8-25)23-24-20-6-5-18(28-4)13-21(20)29-23/h5-6,11-13H,7-10,14H2,1-4H3. The minimum absolute atomic E-state index is 0.216. The monoisotopic (exact) mass is 409 g/mol. The van der Waals surface area contributed by atoms with E-state index >= 15 is 0 Å². The van der Waals surface area contributed by atoms with Gasteiger partial charge in [0.15, 0.2) is 5.13 Å². The van der Waals surface area contributed by atoms with Gasteiger partial charge in [-0.15, -0.1) is 0 Å². The average molecular weight is 410 g/mol. The number of aromatic nitrogens is 1. The molecule has 2 aromatic carbocycles. The number of nitrogens with zero attached hydrogens (tertiary/aromatic N) is 3. The number of rotatable bonds is 4. The second-order valence-electron chi connectivity index (χ2n) is 7.75. The van der Waals surface area contributed by atoms with Crippen LogP contribution in [-0.2, 0) is 11.2 Å². The number of benzene rings is 2. The van der Waals surface area contributed by atoms with Crippen molar-refractivity contribution in [3.05, 3.63) is 52.6 Å². The first kappa shape index (κ1) is 19.7. The van der Waals surface area contributed by atoms with Crippen molar-refractivity contribution < 1.29 is 9.53 Å². The van der Waals surface area contributed by atoms with Gasteiger partial charge in [0.25, 0.3) is 0 Å². The van der Waals surface area contributed by atoms with Gasteiger partial charge in [-0.1, -0.05) is 29.0 Å². The number of thiazole rings is 1. The van der Waals surface area contributed by atoms with Crippen molar-refractivity contribution in [3.63, 3.8) is 0 Å². The first-order valence-corrected chi connectivity index (χ1v) is 10.8. The van der Waals surface area contributed by atoms with Crippen LogP contribution in [0.5, 0.6) is 5.75 Å². The van der Waals surface area contributed by atoms with Gasteiger partial charge in [0, 0.05) is 26.2 Å². The topological polar surface area (TPSA) is 45.7 Å². The SMILES string of the molecule is COc1ccc2nc(N3CCN(C(=O)Cc4c(C)cc(C)cc4C)CC3)sc2c1. The maximum atomic E-state index is 12.9. The lowest BCUT2D eigenvalue weighted by atomic mass is 9.97. The molecule has 1 aliphatic rings. The van der Waals surface area contributed by atoms with Gasteiger partial charge < -0.3 is 14.5 Å². The van der Waals surface area contributed by atoms with Crippen LogP contribution in [0.15, 0.2) is 30.3 Å². The Bertz CT molecular complexity index is 1030. The normalized spacial score (nSPS) is 14.5. The molecule has 0 atom stereocenters. The maximum Gasteiger partial charge on any atom is 0.227 e. The third-order valence-electron chi connectivity index (χ3n) is 5.66. The summed E-state index contributed by atoms with van der Waals surface area (Å²) in [6, 6.07) is 10.3. The van der Waals surface area contributed by atoms with Crippen molar-refractivity contribution in [1.82, 2.24) is 9.88 Å². The van der Waals surface area contributed by atoms with E-state index in [4.69, 9.17) is 9.72 Å². The summed E-state index contributed by atoms with van der Waals surface area (Å²) in [5.41, 5.74) is 5.83. The van der Waals surface area contributed by atoms with Crippen molar-refractivity contribution >= 4 is 32.6 Å². The number of aryl methyl sites for hydroxylation is 3. The summed E-state index contributed by atoms with van der Waals surface area (Å²) in [6.45, 7) is 9.40. The Morgan fingerprint density at radius 1 is 1.07 bits per heavy atom. The largest absolute Gasteiger partial charge is 0.497 e. The fraction of sp³-hybridized carbons (Fsp3) is 0.391. The van der Waals surface area contributed by atoms with Crippen LogP contribution in [0.25, 0.3) is 10.2 Å². The molecular weight excluding hydrogens is 382 g/mol. The fourth-order valence-corrected chi connectivity index (χ4v) is 5.10. The minimum Gasteiger partial charge on any atom is -0.497 e. The van der Waals surface area contributed by atoms with Crippen molar-refractivity contribution in [2.75, 3.05) is 38.2 Å². The number of fused-ring (bicyclic) bond motifs is 1. The number of methoxy groups -OCH3 is 1. The highest BCUT2D eigenvalue weighted by Gasteiger charge is 2.24. The molecule has 3 aromatic rings. The number of amides is 1. The summed E-state index contributed by atoms with van der Waals surface area (Å²) < 4.78 is 6.44. The maximum absolute atomic E-state index is 12.9. The molecule has 0 spiro atoms. The number of ether oxygens (including phenoxy) is 1. The molecule has 1 saturated heterocycles. The molecule has 29 heavy (non-hydrogen) atoms. The van der Waals surface area contributed by atoms with E-state index in [1.165, 1.54) is 22.3 Å². The minimum atomic E-state index is 0.216. The van der Waals surface area contributed by atoms with Gasteiger partial charge in [-0.25, -0.2) is 4.98 Å². The van der Waals surface area contributed by atoms with Crippen LogP contribution in [-0.4, -0.2) is 49.1 Å². The molecule has 0 radical (unpaired) electrons. The van der Waals surface area contributed by atoms with Gasteiger partial charge in [0.05, 0.1) is 23.7 Å². The van der Waals surface area contributed by atoms with Gasteiger partial charge in [-0.05, 0) is 55.7 Å². The highest BCUT2D eigenvalue weighted by atomic mass is 32.1. The zero-order valence-electron chi connectivity index (χ0n) is 17.5. The summed E-state index contributed by atoms with van der Waals surface area (Å²) in [5.74, 6) is 1.07. The van der Waals surface area contributed by atoms with Gasteiger partial charge in [-0.2, -0.15) is 0 Å². The first-order valence-electron chi connectivity index (χ1n) is 9.98. The lowest BCUT2D eigenvalue weighted by molar-refractivity contribution is -0.130. The van der Waals surface area contributed by atoms with Crippen LogP contribution in [0.4, 0.5) is 5.13 Å². The van der Waals surface area contributed by atoms with E-state index in [-0.39, 0.29) is 5.91 Å². The summed E-state index contributed by atoms with van der Waals surface area (Å²) in [6.07, 6.45) is 0.485. The zero-order chi connectivity index (χ0) is 20.5. The average Bonchev–Trinajstić information content (AvgIpc) is 3.13. The molecular formula is C23H27N3O2S. The van der Waals surface area contributed by atoms with E-state index in [1.807, 2.05) is 23.1 Å². The molecule has 152 valence electrons. The molecule has 1 fully saturated rings. The molecule has 0 aliphatic carbocycles. The Hall–Kier alpha value is -2.60. The fourth-order valence-electron chi connectivity index (χ4n) is 4.05. The molecule has 1 amide bonds. The second-order valence-corrected chi connectivity index (χ2v) is 8.76. The first-order chi connectivity index (χ1) is 13.9. The molecule has 5 nitrogen and oxygen atoms in total. The van der Waals surface area contributed by atoms with E-state index in [9.17, 15) is 4.79 Å². The Kier molecular flexibility index (Phi) is 5.46. The number of piperazine rings is 1. The molecule has 1 aliphatic heterocycles. The van der Waals surface area contributed by atoms with Crippen LogP contribution in [0.2, 0.25) is 0 Å². The zero-order valence-corrected chi connectivity index (χ0v) is 18.3. The van der Waals surface area contributed by atoms with E-state index in [0.29, 0.717) is 6.42 Å². The molecule has 2 heterocycles. The quantitative estimate of drug-likeness (QED) is 0.650. The van der Waals surface area contributed by atoms with Gasteiger partial charge in [0.2, 0.25) is 5.91 Å². The predicted octanol–water partition coefficient (Wildman–Crippen LogP) is 4.12. The van der Waals surface area contributed by atoms with Crippen LogP contribution >= 0.6 is 11.3 Å². The van der Waals surface area contributed by atoms with Crippen molar-refractivity contribution in [2.45, 2.75) is 27.2 Å². The number of hydrogen-bond acceptors (Lipinski definition) is 5. The van der Waals surface area contributed by atoms with Crippen molar-refractivity contribution in [3.8, 4) is 5.75 Å². The van der Waals surface area contributed by atoms with E-state index in [2.05, 4.69) is 37.8 Å². The smallest absolute Gasteiger partial charge is 0.227 e. The van der Waals surface area contributed by atoms with Gasteiger partial charge >= 0.3 is 0 Å². The lowest BCUT2D eigenvalue weighted by Crippen LogP contribution is -2.49. The summed E-state index contributed by atoms with van der Waals surface area (Å²) >= 11 is 1.68. The van der Waals surface area contributed by atoms with Crippen LogP contribution in [0.1, 0.15) is 22.3 Å². The molecule has 0 N–H and O–H groups in total. The van der Waals surface area contributed by atoms with Gasteiger partial charge in [0.1, 0.15) is 5.75 Å². The molecule has 1 aromatic heterocycles. The number of carbonyl (C=O) groups excluding carboxylic acids is 1. The highest BCUT2D eigenvalue weighted by Crippen LogP contribution is 2.32. The van der Waals surface area contributed by atoms with Crippen LogP contribution in [0.3, 0.4) is 0 Å². The van der Waals surface area contributed by atoms with E-state index in [1.54, 1.807) is 18.4 Å². The summed E-state index contributed by atoms with van der Waals surface area (Å²) in [7, 11) is 1.68. The van der Waals surface area contributed by atoms with E-state index in [0.717, 1.165) is 47.3 Å². The van der Waals surface area contributed by atoms with Gasteiger partial charge in [-0.3, -0.25) is 4.79 Å².